The number of amides is 1. The first kappa shape index (κ1) is 36.8. The van der Waals surface area contributed by atoms with Gasteiger partial charge in [-0.1, -0.05) is 42.5 Å². The number of nitrogens with zero attached hydrogens (tertiary/aromatic N) is 3. The molecule has 47 heavy (non-hydrogen) atoms. The minimum Gasteiger partial charge on any atom is -0.497 e. The van der Waals surface area contributed by atoms with Crippen LogP contribution < -0.4 is 4.74 Å². The maximum atomic E-state index is 13.3. The van der Waals surface area contributed by atoms with Gasteiger partial charge in [0.25, 0.3) is 5.91 Å². The molecule has 0 aliphatic carbocycles. The van der Waals surface area contributed by atoms with Gasteiger partial charge in [-0.3, -0.25) is 14.7 Å². The van der Waals surface area contributed by atoms with Crippen LogP contribution in [0.15, 0.2) is 72.9 Å². The fourth-order valence-corrected chi connectivity index (χ4v) is 5.13. The molecule has 254 valence electrons. The molecule has 3 aromatic rings. The number of halogens is 6. The monoisotopic (exact) mass is 671 g/mol. The number of benzene rings is 2. The molecule has 16 heteroatoms. The van der Waals surface area contributed by atoms with Crippen molar-refractivity contribution in [2.75, 3.05) is 20.8 Å². The number of hydrogen-bond acceptors (Lipinski definition) is 7. The third kappa shape index (κ3) is 9.65. The second kappa shape index (κ2) is 15.3. The molecule has 1 amide bonds. The third-order valence-electron chi connectivity index (χ3n) is 7.30. The van der Waals surface area contributed by atoms with Gasteiger partial charge in [0.05, 0.1) is 31.5 Å². The number of likely N-dealkylation sites (N-methyl/N-ethyl adjacent to an activating group) is 1. The first-order valence-electron chi connectivity index (χ1n) is 13.8. The smallest absolute Gasteiger partial charge is 0.490 e. The number of rotatable bonds is 6. The number of aromatic nitrogens is 1. The van der Waals surface area contributed by atoms with Gasteiger partial charge in [-0.05, 0) is 41.0 Å². The molecule has 1 saturated heterocycles. The summed E-state index contributed by atoms with van der Waals surface area (Å²) in [6.45, 7) is 2.57. The second-order valence-electron chi connectivity index (χ2n) is 10.5. The summed E-state index contributed by atoms with van der Waals surface area (Å²) in [4.78, 5) is 39.6. The van der Waals surface area contributed by atoms with Crippen molar-refractivity contribution in [3.63, 3.8) is 0 Å². The Hall–Kier alpha value is -4.70. The van der Waals surface area contributed by atoms with Crippen LogP contribution in [-0.4, -0.2) is 82.1 Å². The summed E-state index contributed by atoms with van der Waals surface area (Å²) in [5.74, 6) is -4.66. The zero-order valence-corrected chi connectivity index (χ0v) is 25.1. The van der Waals surface area contributed by atoms with Gasteiger partial charge in [0.15, 0.2) is 0 Å². The highest BCUT2D eigenvalue weighted by molar-refractivity contribution is 5.81. The molecule has 0 saturated carbocycles. The van der Waals surface area contributed by atoms with Crippen molar-refractivity contribution in [2.24, 2.45) is 0 Å². The van der Waals surface area contributed by atoms with Crippen LogP contribution in [-0.2, 0) is 44.3 Å². The molecule has 2 N–H and O–H groups in total. The summed E-state index contributed by atoms with van der Waals surface area (Å²) in [7, 11) is 3.51. The van der Waals surface area contributed by atoms with Crippen molar-refractivity contribution in [1.29, 1.82) is 0 Å². The van der Waals surface area contributed by atoms with Gasteiger partial charge in [-0.25, -0.2) is 9.59 Å². The van der Waals surface area contributed by atoms with Crippen molar-refractivity contribution in [3.8, 4) is 5.75 Å². The standard InChI is InChI=1S/C27H29N3O3.2C2HF3O2/c1-29(18-22-10-5-6-13-28-22)26(31)25-15-27(19-33-25)24-12-4-3-9-21(24)17-30(27)16-20-8-7-11-23(14-20)32-2;2*3-2(4,5)1(6)7/h3-14,25H,15-19H2,1-2H3;2*(H,6,7). The number of pyridine rings is 1. The van der Waals surface area contributed by atoms with E-state index < -0.39 is 30.4 Å². The lowest BCUT2D eigenvalue weighted by atomic mass is 9.86. The number of alkyl halides is 6. The lowest BCUT2D eigenvalue weighted by Crippen LogP contribution is -2.42. The number of ether oxygens (including phenoxy) is 2. The van der Waals surface area contributed by atoms with Crippen LogP contribution in [0.5, 0.6) is 5.75 Å². The van der Waals surface area contributed by atoms with Crippen LogP contribution in [0.1, 0.15) is 28.8 Å². The fraction of sp³-hybridized carbons (Fsp3) is 0.355. The van der Waals surface area contributed by atoms with E-state index in [-0.39, 0.29) is 11.4 Å². The maximum Gasteiger partial charge on any atom is 0.490 e. The highest BCUT2D eigenvalue weighted by atomic mass is 19.4. The fourth-order valence-electron chi connectivity index (χ4n) is 5.13. The van der Waals surface area contributed by atoms with E-state index in [4.69, 9.17) is 29.3 Å². The van der Waals surface area contributed by atoms with Crippen molar-refractivity contribution in [2.45, 2.75) is 50.1 Å². The molecule has 5 rings (SSSR count). The number of carbonyl (C=O) groups is 3. The zero-order valence-electron chi connectivity index (χ0n) is 25.1. The minimum absolute atomic E-state index is 0.00300. The molecule has 2 atom stereocenters. The number of aliphatic carboxylic acids is 2. The van der Waals surface area contributed by atoms with Gasteiger partial charge >= 0.3 is 24.3 Å². The molecule has 2 aliphatic rings. The van der Waals surface area contributed by atoms with Crippen LogP contribution in [0.4, 0.5) is 26.3 Å². The summed E-state index contributed by atoms with van der Waals surface area (Å²) < 4.78 is 75.1. The normalized spacial score (nSPS) is 18.7. The predicted octanol–water partition coefficient (Wildman–Crippen LogP) is 5.02. The first-order chi connectivity index (χ1) is 22.0. The Morgan fingerprint density at radius 3 is 2.17 bits per heavy atom. The van der Waals surface area contributed by atoms with Crippen molar-refractivity contribution in [3.05, 3.63) is 95.3 Å². The molecule has 3 heterocycles. The zero-order chi connectivity index (χ0) is 35.0. The largest absolute Gasteiger partial charge is 0.497 e. The Labute approximate surface area is 265 Å². The Bertz CT molecular complexity index is 1510. The second-order valence-corrected chi connectivity index (χ2v) is 10.5. The van der Waals surface area contributed by atoms with Crippen LogP contribution in [0.2, 0.25) is 0 Å². The van der Waals surface area contributed by atoms with Crippen molar-refractivity contribution in [1.82, 2.24) is 14.8 Å². The number of fused-ring (bicyclic) bond motifs is 2. The number of carboxylic acids is 2. The van der Waals surface area contributed by atoms with E-state index in [0.29, 0.717) is 19.6 Å². The Morgan fingerprint density at radius 1 is 0.979 bits per heavy atom. The van der Waals surface area contributed by atoms with E-state index in [1.165, 1.54) is 16.7 Å². The van der Waals surface area contributed by atoms with Crippen LogP contribution >= 0.6 is 0 Å². The lowest BCUT2D eigenvalue weighted by molar-refractivity contribution is -0.193. The summed E-state index contributed by atoms with van der Waals surface area (Å²) in [6, 6.07) is 22.5. The summed E-state index contributed by atoms with van der Waals surface area (Å²) in [5.41, 5.74) is 4.32. The van der Waals surface area contributed by atoms with Crippen LogP contribution in [0.3, 0.4) is 0 Å². The van der Waals surface area contributed by atoms with Gasteiger partial charge in [-0.2, -0.15) is 26.3 Å². The van der Waals surface area contributed by atoms with Crippen molar-refractivity contribution < 1.29 is 60.4 Å². The van der Waals surface area contributed by atoms with Gasteiger partial charge in [0.2, 0.25) is 0 Å². The molecule has 10 nitrogen and oxygen atoms in total. The number of carbonyl (C=O) groups excluding carboxylic acids is 1. The number of carboxylic acid groups (broad SMARTS) is 2. The van der Waals surface area contributed by atoms with E-state index in [9.17, 15) is 31.1 Å². The molecule has 0 bridgehead atoms. The molecular formula is C31H31F6N3O7. The van der Waals surface area contributed by atoms with Gasteiger partial charge in [-0.15, -0.1) is 0 Å². The summed E-state index contributed by atoms with van der Waals surface area (Å²) in [5, 5.41) is 14.2. The van der Waals surface area contributed by atoms with E-state index in [0.717, 1.165) is 24.5 Å². The van der Waals surface area contributed by atoms with Gasteiger partial charge in [0, 0.05) is 32.8 Å². The Balaban J connectivity index is 0.000000360. The quantitative estimate of drug-likeness (QED) is 0.348. The van der Waals surface area contributed by atoms with E-state index in [2.05, 4.69) is 46.3 Å². The lowest BCUT2D eigenvalue weighted by Gasteiger charge is -2.35. The van der Waals surface area contributed by atoms with E-state index in [1.807, 2.05) is 37.4 Å². The average Bonchev–Trinajstić information content (AvgIpc) is 3.59. The van der Waals surface area contributed by atoms with E-state index >= 15 is 0 Å². The molecule has 2 aromatic carbocycles. The Kier molecular flexibility index (Phi) is 11.9. The molecule has 1 fully saturated rings. The van der Waals surface area contributed by atoms with Crippen LogP contribution in [0.25, 0.3) is 0 Å². The molecule has 1 aromatic heterocycles. The highest BCUT2D eigenvalue weighted by Crippen LogP contribution is 2.47. The number of methoxy groups -OCH3 is 1. The molecule has 0 radical (unpaired) electrons. The molecule has 1 spiro atoms. The van der Waals surface area contributed by atoms with Gasteiger partial charge in [0.1, 0.15) is 11.9 Å². The minimum atomic E-state index is -5.08. The van der Waals surface area contributed by atoms with E-state index in [1.54, 1.807) is 18.2 Å². The summed E-state index contributed by atoms with van der Waals surface area (Å²) in [6.07, 6.45) is -8.25. The molecule has 2 aliphatic heterocycles. The predicted molar refractivity (Wildman–Crippen MR) is 153 cm³/mol. The molecular weight excluding hydrogens is 640 g/mol. The van der Waals surface area contributed by atoms with Crippen molar-refractivity contribution >= 4 is 17.8 Å². The third-order valence-corrected chi connectivity index (χ3v) is 7.30. The number of hydrogen-bond donors (Lipinski definition) is 2. The Morgan fingerprint density at radius 2 is 1.60 bits per heavy atom. The topological polar surface area (TPSA) is 130 Å². The first-order valence-corrected chi connectivity index (χ1v) is 13.8. The summed E-state index contributed by atoms with van der Waals surface area (Å²) >= 11 is 0. The maximum absolute atomic E-state index is 13.3. The van der Waals surface area contributed by atoms with Crippen LogP contribution in [0, 0.1) is 0 Å². The molecule has 2 unspecified atom stereocenters. The highest BCUT2D eigenvalue weighted by Gasteiger charge is 2.52. The average molecular weight is 672 g/mol. The van der Waals surface area contributed by atoms with Gasteiger partial charge < -0.3 is 24.6 Å². The SMILES string of the molecule is COc1cccc(CN2Cc3ccccc3C23COC(C(=O)N(C)Cc2ccccn2)C3)c1.O=C(O)C(F)(F)F.O=C(O)C(F)(F)F.